The van der Waals surface area contributed by atoms with Gasteiger partial charge in [-0.25, -0.2) is 0 Å². The highest BCUT2D eigenvalue weighted by molar-refractivity contribution is 7.04. The van der Waals surface area contributed by atoms with Crippen LogP contribution in [0.4, 0.5) is 17.1 Å². The van der Waals surface area contributed by atoms with Crippen molar-refractivity contribution in [3.63, 3.8) is 0 Å². The van der Waals surface area contributed by atoms with Gasteiger partial charge in [0, 0.05) is 49.9 Å². The average molecular weight is 633 g/mol. The highest BCUT2D eigenvalue weighted by atomic mass is 28.3. The van der Waals surface area contributed by atoms with Crippen LogP contribution in [0.5, 0.6) is 0 Å². The Morgan fingerprint density at radius 1 is 0.500 bits per heavy atom. The minimum absolute atomic E-state index is 0.949. The van der Waals surface area contributed by atoms with Crippen molar-refractivity contribution in [3.05, 3.63) is 158 Å². The second-order valence-corrected chi connectivity index (χ2v) is 17.7. The van der Waals surface area contributed by atoms with Crippen LogP contribution in [0.15, 0.2) is 162 Å². The van der Waals surface area contributed by atoms with Gasteiger partial charge in [0.05, 0.1) is 11.0 Å². The van der Waals surface area contributed by atoms with Crippen LogP contribution in [0.25, 0.3) is 60.6 Å². The number of hydrogen-bond acceptors (Lipinski definition) is 2. The van der Waals surface area contributed by atoms with Gasteiger partial charge in [0.2, 0.25) is 0 Å². The number of furan rings is 1. The number of para-hydroxylation sites is 4. The SMILES string of the molecule is C[Si]1(C)c2cc(N(c3ccccc3)c3ccc4c(c3)c3ccccc3n4-c3ccccc3)ccc2-c2c1ccc1c2oc2ccccc21. The van der Waals surface area contributed by atoms with Crippen molar-refractivity contribution in [2.45, 2.75) is 13.1 Å². The Labute approximate surface area is 279 Å². The first kappa shape index (κ1) is 27.3. The van der Waals surface area contributed by atoms with Gasteiger partial charge in [-0.2, -0.15) is 0 Å². The lowest BCUT2D eigenvalue weighted by Crippen LogP contribution is -2.49. The van der Waals surface area contributed by atoms with E-state index in [1.54, 1.807) is 0 Å². The fraction of sp³-hybridized carbons (Fsp3) is 0.0455. The van der Waals surface area contributed by atoms with Crippen molar-refractivity contribution in [1.82, 2.24) is 4.57 Å². The first-order valence-corrected chi connectivity index (χ1v) is 19.6. The number of nitrogens with zero attached hydrogens (tertiary/aromatic N) is 2. The summed E-state index contributed by atoms with van der Waals surface area (Å²) in [5, 5.41) is 7.76. The Hall–Kier alpha value is -5.84. The maximum Gasteiger partial charge on any atom is 0.143 e. The summed E-state index contributed by atoms with van der Waals surface area (Å²) in [5.74, 6) is 0. The number of aromatic nitrogens is 1. The summed E-state index contributed by atoms with van der Waals surface area (Å²) in [7, 11) is -2.03. The summed E-state index contributed by atoms with van der Waals surface area (Å²) in [4.78, 5) is 2.42. The van der Waals surface area contributed by atoms with E-state index in [0.717, 1.165) is 22.5 Å². The van der Waals surface area contributed by atoms with Crippen molar-refractivity contribution in [2.75, 3.05) is 4.90 Å². The zero-order valence-corrected chi connectivity index (χ0v) is 27.8. The predicted molar refractivity (Wildman–Crippen MR) is 205 cm³/mol. The molecule has 0 radical (unpaired) electrons. The maximum absolute atomic E-state index is 6.58. The fourth-order valence-electron chi connectivity index (χ4n) is 8.11. The highest BCUT2D eigenvalue weighted by Crippen LogP contribution is 2.43. The normalized spacial score (nSPS) is 13.4. The third-order valence-corrected chi connectivity index (χ3v) is 13.9. The van der Waals surface area contributed by atoms with E-state index in [9.17, 15) is 0 Å². The van der Waals surface area contributed by atoms with E-state index in [4.69, 9.17) is 4.42 Å². The van der Waals surface area contributed by atoms with Crippen LogP contribution in [0.2, 0.25) is 13.1 Å². The first-order chi connectivity index (χ1) is 23.6. The molecule has 0 saturated carbocycles. The van der Waals surface area contributed by atoms with Crippen molar-refractivity contribution >= 4 is 79.3 Å². The molecule has 3 nitrogen and oxygen atoms in total. The third-order valence-electron chi connectivity index (χ3n) is 10.4. The van der Waals surface area contributed by atoms with Gasteiger partial charge in [0.25, 0.3) is 0 Å². The van der Waals surface area contributed by atoms with E-state index < -0.39 is 8.07 Å². The number of anilines is 3. The fourth-order valence-corrected chi connectivity index (χ4v) is 11.2. The molecule has 4 heteroatoms. The van der Waals surface area contributed by atoms with Gasteiger partial charge in [-0.1, -0.05) is 104 Å². The molecule has 0 spiro atoms. The minimum Gasteiger partial charge on any atom is -0.455 e. The lowest BCUT2D eigenvalue weighted by atomic mass is 10.0. The van der Waals surface area contributed by atoms with E-state index in [1.807, 2.05) is 0 Å². The minimum atomic E-state index is -2.03. The van der Waals surface area contributed by atoms with Gasteiger partial charge in [0.15, 0.2) is 0 Å². The number of benzene rings is 7. The summed E-state index contributed by atoms with van der Waals surface area (Å²) in [6.07, 6.45) is 0. The van der Waals surface area contributed by atoms with Crippen molar-refractivity contribution in [3.8, 4) is 16.8 Å². The van der Waals surface area contributed by atoms with Crippen LogP contribution < -0.4 is 15.3 Å². The van der Waals surface area contributed by atoms with Crippen molar-refractivity contribution in [1.29, 1.82) is 0 Å². The lowest BCUT2D eigenvalue weighted by molar-refractivity contribution is 0.670. The molecule has 228 valence electrons. The van der Waals surface area contributed by atoms with E-state index in [2.05, 4.69) is 180 Å². The van der Waals surface area contributed by atoms with Gasteiger partial charge < -0.3 is 13.9 Å². The monoisotopic (exact) mass is 632 g/mol. The first-order valence-electron chi connectivity index (χ1n) is 16.6. The quantitative estimate of drug-likeness (QED) is 0.180. The molecule has 2 aromatic heterocycles. The van der Waals surface area contributed by atoms with Crippen LogP contribution >= 0.6 is 0 Å². The van der Waals surface area contributed by atoms with Crippen LogP contribution in [0.1, 0.15) is 0 Å². The number of rotatable bonds is 4. The van der Waals surface area contributed by atoms with E-state index >= 15 is 0 Å². The summed E-state index contributed by atoms with van der Waals surface area (Å²) in [5.41, 5.74) is 11.6. The highest BCUT2D eigenvalue weighted by Gasteiger charge is 2.40. The standard InChI is InChI=1S/C44H32N2OSi/c1-48(2)41-26-24-35-34-18-10-12-20-40(34)47-44(35)43(41)36-23-21-32(28-42(36)48)45(29-13-5-3-6-14-29)31-22-25-39-37(27-31)33-17-9-11-19-38(33)46(39)30-15-7-4-8-16-30/h3-28H,1-2H3. The average Bonchev–Trinajstić information content (AvgIpc) is 3.75. The maximum atomic E-state index is 6.58. The summed E-state index contributed by atoms with van der Waals surface area (Å²) in [6, 6.07) is 57.2. The molecular weight excluding hydrogens is 601 g/mol. The molecule has 1 aliphatic heterocycles. The molecule has 10 rings (SSSR count). The Balaban J connectivity index is 1.18. The second-order valence-electron chi connectivity index (χ2n) is 13.4. The third kappa shape index (κ3) is 3.81. The van der Waals surface area contributed by atoms with Gasteiger partial charge in [-0.3, -0.25) is 0 Å². The van der Waals surface area contributed by atoms with Crippen molar-refractivity contribution in [2.24, 2.45) is 0 Å². The van der Waals surface area contributed by atoms with E-state index in [-0.39, 0.29) is 0 Å². The Morgan fingerprint density at radius 3 is 2.00 bits per heavy atom. The second kappa shape index (κ2) is 10.1. The van der Waals surface area contributed by atoms with E-state index in [0.29, 0.717) is 0 Å². The summed E-state index contributed by atoms with van der Waals surface area (Å²) in [6.45, 7) is 4.96. The molecule has 0 saturated heterocycles. The molecule has 0 unspecified atom stereocenters. The number of hydrogen-bond donors (Lipinski definition) is 0. The molecule has 48 heavy (non-hydrogen) atoms. The predicted octanol–water partition coefficient (Wildman–Crippen LogP) is 11.0. The Morgan fingerprint density at radius 2 is 1.17 bits per heavy atom. The van der Waals surface area contributed by atoms with E-state index in [1.165, 1.54) is 65.5 Å². The van der Waals surface area contributed by atoms with Crippen LogP contribution in [0.3, 0.4) is 0 Å². The van der Waals surface area contributed by atoms with Gasteiger partial charge in [-0.05, 0) is 82.7 Å². The summed E-state index contributed by atoms with van der Waals surface area (Å²) >= 11 is 0. The molecule has 0 aliphatic carbocycles. The topological polar surface area (TPSA) is 21.3 Å². The largest absolute Gasteiger partial charge is 0.455 e. The molecule has 1 aliphatic rings. The molecule has 0 fully saturated rings. The van der Waals surface area contributed by atoms with Gasteiger partial charge in [0.1, 0.15) is 19.2 Å². The van der Waals surface area contributed by atoms with Gasteiger partial charge >= 0.3 is 0 Å². The van der Waals surface area contributed by atoms with Crippen LogP contribution in [0, 0.1) is 0 Å². The molecule has 0 atom stereocenters. The Kier molecular flexibility index (Phi) is 5.73. The number of fused-ring (bicyclic) bond motifs is 10. The summed E-state index contributed by atoms with van der Waals surface area (Å²) < 4.78 is 8.96. The molecule has 3 heterocycles. The molecule has 7 aromatic carbocycles. The zero-order chi connectivity index (χ0) is 32.0. The zero-order valence-electron chi connectivity index (χ0n) is 26.8. The Bertz CT molecular complexity index is 2700. The molecular formula is C44H32N2OSi. The van der Waals surface area contributed by atoms with Crippen LogP contribution in [-0.2, 0) is 0 Å². The smallest absolute Gasteiger partial charge is 0.143 e. The molecule has 0 amide bonds. The van der Waals surface area contributed by atoms with Crippen molar-refractivity contribution < 1.29 is 4.42 Å². The molecule has 0 bridgehead atoms. The van der Waals surface area contributed by atoms with Gasteiger partial charge in [-0.15, -0.1) is 0 Å². The van der Waals surface area contributed by atoms with Crippen LogP contribution in [-0.4, -0.2) is 12.6 Å². The molecule has 0 N–H and O–H groups in total. The lowest BCUT2D eigenvalue weighted by Gasteiger charge is -2.27. The molecule has 9 aromatic rings.